The molecule has 0 aliphatic rings. The summed E-state index contributed by atoms with van der Waals surface area (Å²) < 4.78 is 12.8. The van der Waals surface area contributed by atoms with Crippen molar-refractivity contribution in [1.82, 2.24) is 0 Å². The van der Waals surface area contributed by atoms with E-state index in [1.165, 1.54) is 0 Å². The van der Waals surface area contributed by atoms with E-state index in [-0.39, 0.29) is 0 Å². The lowest BCUT2D eigenvalue weighted by Crippen LogP contribution is -1.97. The van der Waals surface area contributed by atoms with Crippen LogP contribution in [0.5, 0.6) is 0 Å². The second-order valence-electron chi connectivity index (χ2n) is 2.22. The summed E-state index contributed by atoms with van der Waals surface area (Å²) in [5.74, 6) is 0. The minimum atomic E-state index is -0.983. The number of hydrogen-bond donors (Lipinski definition) is 1. The van der Waals surface area contributed by atoms with Crippen LogP contribution in [0.1, 0.15) is 11.7 Å². The predicted octanol–water partition coefficient (Wildman–Crippen LogP) is 2.45. The van der Waals surface area contributed by atoms with E-state index in [0.717, 1.165) is 4.47 Å². The lowest BCUT2D eigenvalue weighted by molar-refractivity contribution is 0.142. The maximum absolute atomic E-state index is 11.9. The summed E-state index contributed by atoms with van der Waals surface area (Å²) in [6, 6.07) is 6.92. The van der Waals surface area contributed by atoms with Gasteiger partial charge >= 0.3 is 0 Å². The molecular formula is C8H8BrFO. The highest BCUT2D eigenvalue weighted by molar-refractivity contribution is 9.10. The average molecular weight is 219 g/mol. The second kappa shape index (κ2) is 3.83. The van der Waals surface area contributed by atoms with E-state index in [1.807, 2.05) is 0 Å². The molecule has 1 aromatic carbocycles. The van der Waals surface area contributed by atoms with Crippen molar-refractivity contribution in [2.75, 3.05) is 6.67 Å². The van der Waals surface area contributed by atoms with Gasteiger partial charge in [-0.15, -0.1) is 0 Å². The van der Waals surface area contributed by atoms with Gasteiger partial charge in [-0.2, -0.15) is 0 Å². The number of rotatable bonds is 2. The quantitative estimate of drug-likeness (QED) is 0.809. The largest absolute Gasteiger partial charge is 0.386 e. The molecule has 1 rings (SSSR count). The first-order valence-corrected chi connectivity index (χ1v) is 4.03. The Bertz CT molecular complexity index is 222. The zero-order valence-corrected chi connectivity index (χ0v) is 7.38. The van der Waals surface area contributed by atoms with E-state index in [2.05, 4.69) is 15.9 Å². The minimum Gasteiger partial charge on any atom is -0.386 e. The summed E-state index contributed by atoms with van der Waals surface area (Å²) in [7, 11) is 0. The fourth-order valence-corrected chi connectivity index (χ4v) is 1.04. The molecular weight excluding hydrogens is 211 g/mol. The Balaban J connectivity index is 2.81. The van der Waals surface area contributed by atoms with Crippen molar-refractivity contribution in [2.24, 2.45) is 0 Å². The van der Waals surface area contributed by atoms with Crippen molar-refractivity contribution >= 4 is 15.9 Å². The Hall–Kier alpha value is -0.410. The second-order valence-corrected chi connectivity index (χ2v) is 3.14. The third-order valence-electron chi connectivity index (χ3n) is 1.40. The number of hydrogen-bond acceptors (Lipinski definition) is 1. The molecule has 11 heavy (non-hydrogen) atoms. The molecule has 0 bridgehead atoms. The van der Waals surface area contributed by atoms with E-state index in [1.54, 1.807) is 24.3 Å². The van der Waals surface area contributed by atoms with Crippen LogP contribution in [-0.4, -0.2) is 11.8 Å². The van der Waals surface area contributed by atoms with Crippen LogP contribution in [0.2, 0.25) is 0 Å². The molecule has 0 amide bonds. The van der Waals surface area contributed by atoms with Gasteiger partial charge in [-0.05, 0) is 17.7 Å². The van der Waals surface area contributed by atoms with Crippen molar-refractivity contribution < 1.29 is 9.50 Å². The number of alkyl halides is 1. The van der Waals surface area contributed by atoms with Gasteiger partial charge in [-0.1, -0.05) is 28.1 Å². The maximum atomic E-state index is 11.9. The standard InChI is InChI=1S/C8H8BrFO/c9-7-3-1-6(2-4-7)8(11)5-10/h1-4,8,11H,5H2/t8-/m1/s1. The SMILES string of the molecule is O[C@H](CF)c1ccc(Br)cc1. The molecule has 1 nitrogen and oxygen atoms in total. The molecule has 60 valence electrons. The van der Waals surface area contributed by atoms with E-state index in [9.17, 15) is 4.39 Å². The molecule has 3 heteroatoms. The summed E-state index contributed by atoms with van der Waals surface area (Å²) >= 11 is 3.24. The molecule has 0 unspecified atom stereocenters. The highest BCUT2D eigenvalue weighted by Crippen LogP contribution is 2.16. The molecule has 0 aliphatic heterocycles. The van der Waals surface area contributed by atoms with Gasteiger partial charge in [0.05, 0.1) is 0 Å². The molecule has 0 spiro atoms. The topological polar surface area (TPSA) is 20.2 Å². The summed E-state index contributed by atoms with van der Waals surface area (Å²) in [4.78, 5) is 0. The van der Waals surface area contributed by atoms with Crippen molar-refractivity contribution in [1.29, 1.82) is 0 Å². The van der Waals surface area contributed by atoms with Crippen LogP contribution in [0.15, 0.2) is 28.7 Å². The van der Waals surface area contributed by atoms with Crippen LogP contribution in [0.25, 0.3) is 0 Å². The molecule has 0 saturated carbocycles. The van der Waals surface area contributed by atoms with Gasteiger partial charge in [-0.25, -0.2) is 4.39 Å². The van der Waals surface area contributed by atoms with Gasteiger partial charge in [0.25, 0.3) is 0 Å². The molecule has 1 atom stereocenters. The molecule has 0 saturated heterocycles. The van der Waals surface area contributed by atoms with Gasteiger partial charge in [-0.3, -0.25) is 0 Å². The molecule has 0 aliphatic carbocycles. The van der Waals surface area contributed by atoms with Crippen molar-refractivity contribution in [2.45, 2.75) is 6.10 Å². The number of aliphatic hydroxyl groups excluding tert-OH is 1. The predicted molar refractivity (Wildman–Crippen MR) is 45.1 cm³/mol. The monoisotopic (exact) mass is 218 g/mol. The van der Waals surface area contributed by atoms with E-state index < -0.39 is 12.8 Å². The van der Waals surface area contributed by atoms with Crippen LogP contribution >= 0.6 is 15.9 Å². The summed E-state index contributed by atoms with van der Waals surface area (Å²) in [5, 5.41) is 9.03. The van der Waals surface area contributed by atoms with Crippen LogP contribution in [0, 0.1) is 0 Å². The molecule has 0 fully saturated rings. The zero-order valence-electron chi connectivity index (χ0n) is 5.80. The summed E-state index contributed by atoms with van der Waals surface area (Å²) in [6.45, 7) is -0.734. The Morgan fingerprint density at radius 2 is 1.91 bits per heavy atom. The van der Waals surface area contributed by atoms with Gasteiger partial charge in [0.15, 0.2) is 0 Å². The fourth-order valence-electron chi connectivity index (χ4n) is 0.774. The van der Waals surface area contributed by atoms with Crippen LogP contribution in [-0.2, 0) is 0 Å². The maximum Gasteiger partial charge on any atom is 0.119 e. The van der Waals surface area contributed by atoms with E-state index in [4.69, 9.17) is 5.11 Å². The Kier molecular flexibility index (Phi) is 3.02. The van der Waals surface area contributed by atoms with Gasteiger partial charge in [0, 0.05) is 4.47 Å². The first-order chi connectivity index (χ1) is 5.24. The molecule has 0 radical (unpaired) electrons. The first-order valence-electron chi connectivity index (χ1n) is 3.23. The zero-order chi connectivity index (χ0) is 8.27. The number of halogens is 2. The lowest BCUT2D eigenvalue weighted by Gasteiger charge is -2.04. The van der Waals surface area contributed by atoms with Gasteiger partial charge in [0.1, 0.15) is 12.8 Å². The van der Waals surface area contributed by atoms with Crippen molar-refractivity contribution in [3.8, 4) is 0 Å². The third-order valence-corrected chi connectivity index (χ3v) is 1.93. The van der Waals surface area contributed by atoms with Gasteiger partial charge in [0.2, 0.25) is 0 Å². The summed E-state index contributed by atoms with van der Waals surface area (Å²) in [5.41, 5.74) is 0.607. The smallest absolute Gasteiger partial charge is 0.119 e. The van der Waals surface area contributed by atoms with Crippen LogP contribution in [0.3, 0.4) is 0 Å². The molecule has 1 N–H and O–H groups in total. The van der Waals surface area contributed by atoms with Crippen LogP contribution < -0.4 is 0 Å². The minimum absolute atomic E-state index is 0.607. The van der Waals surface area contributed by atoms with E-state index in [0.29, 0.717) is 5.56 Å². The Morgan fingerprint density at radius 1 is 1.36 bits per heavy atom. The van der Waals surface area contributed by atoms with E-state index >= 15 is 0 Å². The van der Waals surface area contributed by atoms with Crippen molar-refractivity contribution in [3.63, 3.8) is 0 Å². The Morgan fingerprint density at radius 3 is 2.36 bits per heavy atom. The van der Waals surface area contributed by atoms with Crippen molar-refractivity contribution in [3.05, 3.63) is 34.3 Å². The molecule has 0 aromatic heterocycles. The highest BCUT2D eigenvalue weighted by atomic mass is 79.9. The average Bonchev–Trinajstić information content (AvgIpc) is 2.05. The van der Waals surface area contributed by atoms with Gasteiger partial charge < -0.3 is 5.11 Å². The fraction of sp³-hybridized carbons (Fsp3) is 0.250. The normalized spacial score (nSPS) is 13.0. The highest BCUT2D eigenvalue weighted by Gasteiger charge is 2.04. The molecule has 1 aromatic rings. The summed E-state index contributed by atoms with van der Waals surface area (Å²) in [6.07, 6.45) is -0.983. The Labute approximate surface area is 73.0 Å². The van der Waals surface area contributed by atoms with Crippen LogP contribution in [0.4, 0.5) is 4.39 Å². The molecule has 0 heterocycles. The third kappa shape index (κ3) is 2.27. The lowest BCUT2D eigenvalue weighted by atomic mass is 10.1. The first kappa shape index (κ1) is 8.68. The number of benzene rings is 1. The number of aliphatic hydroxyl groups is 1.